The van der Waals surface area contributed by atoms with Crippen molar-refractivity contribution in [3.05, 3.63) is 0 Å². The molecule has 1 fully saturated rings. The highest BCUT2D eigenvalue weighted by Crippen LogP contribution is 2.20. The highest BCUT2D eigenvalue weighted by Gasteiger charge is 2.20. The van der Waals surface area contributed by atoms with Crippen LogP contribution in [0.2, 0.25) is 0 Å². The summed E-state index contributed by atoms with van der Waals surface area (Å²) >= 11 is 0. The minimum absolute atomic E-state index is 0.880. The molecule has 0 aromatic heterocycles. The van der Waals surface area contributed by atoms with Gasteiger partial charge in [-0.3, -0.25) is 0 Å². The van der Waals surface area contributed by atoms with E-state index in [1.165, 1.54) is 26.1 Å². The third-order valence-corrected chi connectivity index (χ3v) is 3.29. The minimum atomic E-state index is 0.880. The van der Waals surface area contributed by atoms with Crippen molar-refractivity contribution in [2.45, 2.75) is 20.3 Å². The van der Waals surface area contributed by atoms with E-state index >= 15 is 0 Å². The molecule has 0 amide bonds. The fourth-order valence-corrected chi connectivity index (χ4v) is 2.64. The number of hydrogen-bond donors (Lipinski definition) is 1. The van der Waals surface area contributed by atoms with Gasteiger partial charge in [-0.25, -0.2) is 0 Å². The lowest BCUT2D eigenvalue weighted by Gasteiger charge is -2.35. The van der Waals surface area contributed by atoms with Crippen molar-refractivity contribution in [3.63, 3.8) is 0 Å². The van der Waals surface area contributed by atoms with Gasteiger partial charge in [-0.15, -0.1) is 0 Å². The van der Waals surface area contributed by atoms with Crippen LogP contribution in [0.4, 0.5) is 0 Å². The highest BCUT2D eigenvalue weighted by atomic mass is 15.2. The molecule has 16 heavy (non-hydrogen) atoms. The van der Waals surface area contributed by atoms with E-state index < -0.39 is 0 Å². The van der Waals surface area contributed by atoms with E-state index in [-0.39, 0.29) is 0 Å². The number of rotatable bonds is 6. The Morgan fingerprint density at radius 2 is 1.75 bits per heavy atom. The van der Waals surface area contributed by atoms with Gasteiger partial charge in [-0.1, -0.05) is 13.8 Å². The van der Waals surface area contributed by atoms with Gasteiger partial charge in [0.15, 0.2) is 0 Å². The second-order valence-electron chi connectivity index (χ2n) is 5.76. The van der Waals surface area contributed by atoms with E-state index in [0.29, 0.717) is 0 Å². The van der Waals surface area contributed by atoms with Crippen LogP contribution >= 0.6 is 0 Å². The molecule has 0 bridgehead atoms. The van der Waals surface area contributed by atoms with Gasteiger partial charge < -0.3 is 15.1 Å². The maximum atomic E-state index is 3.51. The Labute approximate surface area is 101 Å². The number of hydrogen-bond acceptors (Lipinski definition) is 3. The Bertz CT molecular complexity index is 172. The van der Waals surface area contributed by atoms with Gasteiger partial charge in [0, 0.05) is 39.3 Å². The van der Waals surface area contributed by atoms with Crippen LogP contribution in [0.15, 0.2) is 0 Å². The van der Waals surface area contributed by atoms with Gasteiger partial charge in [0.25, 0.3) is 0 Å². The molecular formula is C13H29N3. The Morgan fingerprint density at radius 1 is 1.12 bits per heavy atom. The standard InChI is InChI=1S/C13H29N3/c1-12-9-13(2)11-16(10-12)8-6-14-5-7-15(3)4/h12-14H,5-11H2,1-4H3. The fourth-order valence-electron chi connectivity index (χ4n) is 2.64. The summed E-state index contributed by atoms with van der Waals surface area (Å²) in [4.78, 5) is 4.83. The summed E-state index contributed by atoms with van der Waals surface area (Å²) in [6.45, 7) is 11.9. The summed E-state index contributed by atoms with van der Waals surface area (Å²) in [5.41, 5.74) is 0. The molecule has 3 heteroatoms. The lowest BCUT2D eigenvalue weighted by Crippen LogP contribution is -2.42. The molecular weight excluding hydrogens is 198 g/mol. The van der Waals surface area contributed by atoms with Gasteiger partial charge in [0.1, 0.15) is 0 Å². The third kappa shape index (κ3) is 5.83. The van der Waals surface area contributed by atoms with Gasteiger partial charge in [-0.2, -0.15) is 0 Å². The molecule has 1 heterocycles. The lowest BCUT2D eigenvalue weighted by molar-refractivity contribution is 0.141. The van der Waals surface area contributed by atoms with Crippen molar-refractivity contribution >= 4 is 0 Å². The predicted molar refractivity (Wildman–Crippen MR) is 70.8 cm³/mol. The van der Waals surface area contributed by atoms with E-state index in [9.17, 15) is 0 Å². The summed E-state index contributed by atoms with van der Waals surface area (Å²) in [5.74, 6) is 1.76. The smallest absolute Gasteiger partial charge is 0.0107 e. The number of likely N-dealkylation sites (tertiary alicyclic amines) is 1. The predicted octanol–water partition coefficient (Wildman–Crippen LogP) is 1.12. The Balaban J connectivity index is 2.04. The van der Waals surface area contributed by atoms with Crippen molar-refractivity contribution in [1.82, 2.24) is 15.1 Å². The largest absolute Gasteiger partial charge is 0.314 e. The van der Waals surface area contributed by atoms with Gasteiger partial charge >= 0.3 is 0 Å². The van der Waals surface area contributed by atoms with Crippen molar-refractivity contribution in [2.75, 3.05) is 53.4 Å². The summed E-state index contributed by atoms with van der Waals surface area (Å²) in [5, 5.41) is 3.51. The first-order valence-electron chi connectivity index (χ1n) is 6.65. The topological polar surface area (TPSA) is 18.5 Å². The summed E-state index contributed by atoms with van der Waals surface area (Å²) in [6.07, 6.45) is 1.41. The maximum absolute atomic E-state index is 3.51. The van der Waals surface area contributed by atoms with Crippen LogP contribution in [-0.2, 0) is 0 Å². The molecule has 96 valence electrons. The van der Waals surface area contributed by atoms with Crippen LogP contribution < -0.4 is 5.32 Å². The van der Waals surface area contributed by atoms with E-state index in [2.05, 4.69) is 43.1 Å². The molecule has 2 unspecified atom stereocenters. The zero-order valence-electron chi connectivity index (χ0n) is 11.5. The first-order chi connectivity index (χ1) is 7.58. The zero-order valence-corrected chi connectivity index (χ0v) is 11.5. The van der Waals surface area contributed by atoms with Gasteiger partial charge in [0.05, 0.1) is 0 Å². The monoisotopic (exact) mass is 227 g/mol. The van der Waals surface area contributed by atoms with Crippen molar-refractivity contribution in [2.24, 2.45) is 11.8 Å². The molecule has 1 saturated heterocycles. The lowest BCUT2D eigenvalue weighted by atomic mass is 9.92. The van der Waals surface area contributed by atoms with Crippen LogP contribution in [0.25, 0.3) is 0 Å². The van der Waals surface area contributed by atoms with Gasteiger partial charge in [-0.05, 0) is 32.4 Å². The highest BCUT2D eigenvalue weighted by molar-refractivity contribution is 4.75. The van der Waals surface area contributed by atoms with E-state index in [4.69, 9.17) is 0 Å². The second kappa shape index (κ2) is 7.25. The van der Waals surface area contributed by atoms with Gasteiger partial charge in [0.2, 0.25) is 0 Å². The molecule has 2 atom stereocenters. The quantitative estimate of drug-likeness (QED) is 0.686. The van der Waals surface area contributed by atoms with Crippen molar-refractivity contribution in [1.29, 1.82) is 0 Å². The van der Waals surface area contributed by atoms with E-state index in [0.717, 1.165) is 31.5 Å². The van der Waals surface area contributed by atoms with Crippen LogP contribution in [0.3, 0.4) is 0 Å². The molecule has 0 saturated carbocycles. The maximum Gasteiger partial charge on any atom is 0.0107 e. The molecule has 3 nitrogen and oxygen atoms in total. The second-order valence-corrected chi connectivity index (χ2v) is 5.76. The third-order valence-electron chi connectivity index (χ3n) is 3.29. The SMILES string of the molecule is CC1CC(C)CN(CCNCCN(C)C)C1. The van der Waals surface area contributed by atoms with E-state index in [1.807, 2.05) is 0 Å². The number of nitrogens with one attached hydrogen (secondary N) is 1. The Morgan fingerprint density at radius 3 is 2.31 bits per heavy atom. The van der Waals surface area contributed by atoms with Crippen molar-refractivity contribution < 1.29 is 0 Å². The Hall–Kier alpha value is -0.120. The first-order valence-corrected chi connectivity index (χ1v) is 6.65. The van der Waals surface area contributed by atoms with Crippen molar-refractivity contribution in [3.8, 4) is 0 Å². The average Bonchev–Trinajstić information content (AvgIpc) is 2.15. The number of likely N-dealkylation sites (N-methyl/N-ethyl adjacent to an activating group) is 1. The molecule has 0 spiro atoms. The van der Waals surface area contributed by atoms with Crippen LogP contribution in [0, 0.1) is 11.8 Å². The van der Waals surface area contributed by atoms with Crippen LogP contribution in [-0.4, -0.2) is 63.2 Å². The average molecular weight is 227 g/mol. The molecule has 1 aliphatic rings. The fraction of sp³-hybridized carbons (Fsp3) is 1.00. The summed E-state index contributed by atoms with van der Waals surface area (Å²) in [7, 11) is 4.24. The summed E-state index contributed by atoms with van der Waals surface area (Å²) < 4.78 is 0. The molecule has 0 aliphatic carbocycles. The normalized spacial score (nSPS) is 27.6. The minimum Gasteiger partial charge on any atom is -0.314 e. The molecule has 1 N–H and O–H groups in total. The molecule has 1 aliphatic heterocycles. The summed E-state index contributed by atoms with van der Waals surface area (Å²) in [6, 6.07) is 0. The molecule has 0 aromatic rings. The zero-order chi connectivity index (χ0) is 12.0. The van der Waals surface area contributed by atoms with Crippen LogP contribution in [0.1, 0.15) is 20.3 Å². The Kier molecular flexibility index (Phi) is 6.32. The van der Waals surface area contributed by atoms with E-state index in [1.54, 1.807) is 0 Å². The first kappa shape index (κ1) is 13.9. The number of piperidine rings is 1. The number of nitrogens with zero attached hydrogens (tertiary/aromatic N) is 2. The molecule has 1 rings (SSSR count). The van der Waals surface area contributed by atoms with Crippen LogP contribution in [0.5, 0.6) is 0 Å². The molecule has 0 aromatic carbocycles. The molecule has 0 radical (unpaired) electrons.